The lowest BCUT2D eigenvalue weighted by Gasteiger charge is -2.00. The molecule has 1 aromatic rings. The fourth-order valence-corrected chi connectivity index (χ4v) is 1.57. The van der Waals surface area contributed by atoms with Gasteiger partial charge in [-0.3, -0.25) is 0 Å². The van der Waals surface area contributed by atoms with E-state index in [0.717, 1.165) is 6.26 Å². The highest BCUT2D eigenvalue weighted by Gasteiger charge is 2.07. The van der Waals surface area contributed by atoms with E-state index in [0.29, 0.717) is 10.6 Å². The summed E-state index contributed by atoms with van der Waals surface area (Å²) in [4.78, 5) is 0.247. The van der Waals surface area contributed by atoms with E-state index in [1.165, 1.54) is 18.2 Å². The summed E-state index contributed by atoms with van der Waals surface area (Å²) in [5.74, 6) is 0. The maximum atomic E-state index is 11.0. The van der Waals surface area contributed by atoms with Gasteiger partial charge in [0.05, 0.1) is 4.90 Å². The molecule has 0 bridgehead atoms. The van der Waals surface area contributed by atoms with Crippen LogP contribution >= 0.6 is 11.6 Å². The Morgan fingerprint density at radius 1 is 1.42 bits per heavy atom. The van der Waals surface area contributed by atoms with Crippen molar-refractivity contribution in [3.63, 3.8) is 0 Å². The first kappa shape index (κ1) is 9.55. The first-order valence-electron chi connectivity index (χ1n) is 3.23. The summed E-state index contributed by atoms with van der Waals surface area (Å²) in [6, 6.07) is 4.45. The second kappa shape index (κ2) is 3.07. The van der Waals surface area contributed by atoms with Gasteiger partial charge < -0.3 is 0 Å². The predicted molar refractivity (Wildman–Crippen MR) is 49.0 cm³/mol. The summed E-state index contributed by atoms with van der Waals surface area (Å²) in [5, 5.41) is 0.474. The van der Waals surface area contributed by atoms with E-state index >= 15 is 0 Å². The molecule has 1 aromatic carbocycles. The number of hydrogen-bond acceptors (Lipinski definition) is 2. The molecule has 0 atom stereocenters. The first-order valence-corrected chi connectivity index (χ1v) is 5.50. The molecule has 65 valence electrons. The zero-order valence-corrected chi connectivity index (χ0v) is 8.11. The fraction of sp³-hybridized carbons (Fsp3) is 0.125. The van der Waals surface area contributed by atoms with Gasteiger partial charge in [0.25, 0.3) is 0 Å². The monoisotopic (exact) mass is 203 g/mol. The van der Waals surface area contributed by atoms with Gasteiger partial charge in [0.1, 0.15) is 0 Å². The van der Waals surface area contributed by atoms with Crippen LogP contribution in [-0.4, -0.2) is 14.7 Å². The van der Waals surface area contributed by atoms with E-state index < -0.39 is 9.84 Å². The van der Waals surface area contributed by atoms with Crippen LogP contribution in [0.1, 0.15) is 5.56 Å². The predicted octanol–water partition coefficient (Wildman–Crippen LogP) is 1.93. The van der Waals surface area contributed by atoms with Gasteiger partial charge in [0, 0.05) is 11.3 Å². The summed E-state index contributed by atoms with van der Waals surface area (Å²) in [7, 11) is -3.14. The molecule has 12 heavy (non-hydrogen) atoms. The van der Waals surface area contributed by atoms with E-state index in [-0.39, 0.29) is 4.90 Å². The standard InChI is InChI=1S/C8H8ClO2S/c1-6-5-7(12(2,10)11)3-4-8(6)9/h3-5H,1H2,2H3. The Morgan fingerprint density at radius 2 is 2.00 bits per heavy atom. The lowest BCUT2D eigenvalue weighted by Crippen LogP contribution is -1.96. The van der Waals surface area contributed by atoms with Crippen molar-refractivity contribution in [3.05, 3.63) is 35.7 Å². The van der Waals surface area contributed by atoms with Crippen LogP contribution in [0.2, 0.25) is 5.02 Å². The topological polar surface area (TPSA) is 34.1 Å². The molecule has 0 heterocycles. The maximum Gasteiger partial charge on any atom is 0.175 e. The minimum Gasteiger partial charge on any atom is -0.224 e. The van der Waals surface area contributed by atoms with Crippen LogP contribution < -0.4 is 0 Å². The van der Waals surface area contributed by atoms with Gasteiger partial charge in [-0.2, -0.15) is 0 Å². The normalized spacial score (nSPS) is 11.6. The van der Waals surface area contributed by atoms with Crippen molar-refractivity contribution >= 4 is 21.4 Å². The number of hydrogen-bond donors (Lipinski definition) is 0. The van der Waals surface area contributed by atoms with Gasteiger partial charge in [0.15, 0.2) is 9.84 Å². The summed E-state index contributed by atoms with van der Waals surface area (Å²) in [6.45, 7) is 3.60. The van der Waals surface area contributed by atoms with Crippen molar-refractivity contribution < 1.29 is 8.42 Å². The number of benzene rings is 1. The largest absolute Gasteiger partial charge is 0.224 e. The smallest absolute Gasteiger partial charge is 0.175 e. The summed E-state index contributed by atoms with van der Waals surface area (Å²) >= 11 is 5.67. The zero-order chi connectivity index (χ0) is 9.35. The van der Waals surface area contributed by atoms with Gasteiger partial charge in [-0.05, 0) is 30.7 Å². The second-order valence-corrected chi connectivity index (χ2v) is 4.95. The quantitative estimate of drug-likeness (QED) is 0.699. The van der Waals surface area contributed by atoms with Crippen molar-refractivity contribution in [3.8, 4) is 0 Å². The van der Waals surface area contributed by atoms with Crippen LogP contribution in [0.5, 0.6) is 0 Å². The van der Waals surface area contributed by atoms with Crippen LogP contribution in [-0.2, 0) is 9.84 Å². The molecule has 0 amide bonds. The number of rotatable bonds is 1. The van der Waals surface area contributed by atoms with Crippen LogP contribution in [0.15, 0.2) is 23.1 Å². The van der Waals surface area contributed by atoms with Gasteiger partial charge in [-0.1, -0.05) is 11.6 Å². The molecular weight excluding hydrogens is 196 g/mol. The average molecular weight is 204 g/mol. The maximum absolute atomic E-state index is 11.0. The van der Waals surface area contributed by atoms with E-state index in [2.05, 4.69) is 6.92 Å². The van der Waals surface area contributed by atoms with E-state index in [1.54, 1.807) is 0 Å². The van der Waals surface area contributed by atoms with E-state index in [1.807, 2.05) is 0 Å². The minimum atomic E-state index is -3.14. The highest BCUT2D eigenvalue weighted by molar-refractivity contribution is 7.90. The third kappa shape index (κ3) is 1.99. The van der Waals surface area contributed by atoms with Gasteiger partial charge >= 0.3 is 0 Å². The van der Waals surface area contributed by atoms with Gasteiger partial charge in [0.2, 0.25) is 0 Å². The lowest BCUT2D eigenvalue weighted by atomic mass is 10.2. The van der Waals surface area contributed by atoms with Crippen LogP contribution in [0.4, 0.5) is 0 Å². The van der Waals surface area contributed by atoms with Crippen molar-refractivity contribution in [1.82, 2.24) is 0 Å². The van der Waals surface area contributed by atoms with Crippen molar-refractivity contribution in [2.24, 2.45) is 0 Å². The SMILES string of the molecule is [CH2]c1cc(S(C)(=O)=O)ccc1Cl. The van der Waals surface area contributed by atoms with Crippen LogP contribution in [0.3, 0.4) is 0 Å². The molecule has 0 aliphatic heterocycles. The van der Waals surface area contributed by atoms with E-state index in [4.69, 9.17) is 11.6 Å². The average Bonchev–Trinajstić information content (AvgIpc) is 1.92. The molecule has 0 saturated heterocycles. The van der Waals surface area contributed by atoms with Crippen LogP contribution in [0.25, 0.3) is 0 Å². The summed E-state index contributed by atoms with van der Waals surface area (Å²) in [6.07, 6.45) is 1.15. The minimum absolute atomic E-state index is 0.247. The van der Waals surface area contributed by atoms with Gasteiger partial charge in [-0.15, -0.1) is 0 Å². The molecule has 1 rings (SSSR count). The first-order chi connectivity index (χ1) is 5.41. The lowest BCUT2D eigenvalue weighted by molar-refractivity contribution is 0.602. The third-order valence-electron chi connectivity index (χ3n) is 1.45. The van der Waals surface area contributed by atoms with Crippen molar-refractivity contribution in [1.29, 1.82) is 0 Å². The molecule has 0 spiro atoms. The fourth-order valence-electron chi connectivity index (χ4n) is 0.782. The second-order valence-electron chi connectivity index (χ2n) is 2.53. The highest BCUT2D eigenvalue weighted by atomic mass is 35.5. The molecule has 0 N–H and O–H groups in total. The zero-order valence-electron chi connectivity index (χ0n) is 6.54. The Hall–Kier alpha value is -0.540. The Balaban J connectivity index is 3.33. The molecule has 2 nitrogen and oxygen atoms in total. The Kier molecular flexibility index (Phi) is 2.44. The van der Waals surface area contributed by atoms with Crippen molar-refractivity contribution in [2.45, 2.75) is 4.90 Å². The summed E-state index contributed by atoms with van der Waals surface area (Å²) < 4.78 is 22.1. The molecule has 4 heteroatoms. The Morgan fingerprint density at radius 3 is 2.42 bits per heavy atom. The number of halogens is 1. The Labute approximate surface area is 77.1 Å². The third-order valence-corrected chi connectivity index (χ3v) is 2.92. The molecule has 0 aliphatic carbocycles. The molecular formula is C8H8ClO2S. The molecule has 0 saturated carbocycles. The molecule has 0 aromatic heterocycles. The molecule has 0 unspecified atom stereocenters. The molecule has 0 fully saturated rings. The Bertz CT molecular complexity index is 396. The van der Waals surface area contributed by atoms with Crippen LogP contribution in [0, 0.1) is 6.92 Å². The van der Waals surface area contributed by atoms with Gasteiger partial charge in [-0.25, -0.2) is 8.42 Å². The highest BCUT2D eigenvalue weighted by Crippen LogP contribution is 2.18. The summed E-state index contributed by atoms with van der Waals surface area (Å²) in [5.41, 5.74) is 0.527. The molecule has 0 aliphatic rings. The molecule has 1 radical (unpaired) electrons. The van der Waals surface area contributed by atoms with Crippen molar-refractivity contribution in [2.75, 3.05) is 6.26 Å². The van der Waals surface area contributed by atoms with E-state index in [9.17, 15) is 8.42 Å². The number of sulfone groups is 1.